The molecule has 102 valence electrons. The Morgan fingerprint density at radius 3 is 2.44 bits per heavy atom. The third kappa shape index (κ3) is 2.90. The van der Waals surface area contributed by atoms with Crippen LogP contribution in [0.1, 0.15) is 19.8 Å². The second kappa shape index (κ2) is 6.54. The van der Waals surface area contributed by atoms with Crippen LogP contribution < -0.4 is 5.32 Å². The third-order valence-electron chi connectivity index (χ3n) is 3.35. The van der Waals surface area contributed by atoms with E-state index in [4.69, 9.17) is 9.47 Å². The van der Waals surface area contributed by atoms with Crippen molar-refractivity contribution in [2.24, 2.45) is 11.3 Å². The lowest BCUT2D eigenvalue weighted by Gasteiger charge is -2.36. The molecule has 1 atom stereocenters. The number of allylic oxidation sites excluding steroid dienone is 2. The van der Waals surface area contributed by atoms with Crippen molar-refractivity contribution in [1.29, 1.82) is 0 Å². The Balaban J connectivity index is 2.89. The molecule has 1 aliphatic rings. The fourth-order valence-corrected chi connectivity index (χ4v) is 2.41. The van der Waals surface area contributed by atoms with Crippen molar-refractivity contribution in [2.75, 3.05) is 27.3 Å². The topological polar surface area (TPSA) is 64.6 Å². The van der Waals surface area contributed by atoms with E-state index >= 15 is 0 Å². The lowest BCUT2D eigenvalue weighted by molar-refractivity contribution is -0.171. The Bertz CT molecular complexity index is 322. The lowest BCUT2D eigenvalue weighted by atomic mass is 9.75. The Hall–Kier alpha value is -1.36. The van der Waals surface area contributed by atoms with Gasteiger partial charge in [-0.2, -0.15) is 0 Å². The van der Waals surface area contributed by atoms with Gasteiger partial charge in [0.2, 0.25) is 0 Å². The van der Waals surface area contributed by atoms with Crippen LogP contribution in [0.4, 0.5) is 0 Å². The first-order valence-corrected chi connectivity index (χ1v) is 6.09. The summed E-state index contributed by atoms with van der Waals surface area (Å²) >= 11 is 0. The van der Waals surface area contributed by atoms with Crippen molar-refractivity contribution < 1.29 is 19.1 Å². The van der Waals surface area contributed by atoms with Crippen LogP contribution in [0.15, 0.2) is 12.2 Å². The second-order valence-electron chi connectivity index (χ2n) is 4.57. The number of ether oxygens (including phenoxy) is 2. The van der Waals surface area contributed by atoms with Gasteiger partial charge >= 0.3 is 11.9 Å². The van der Waals surface area contributed by atoms with Gasteiger partial charge in [0.25, 0.3) is 0 Å². The summed E-state index contributed by atoms with van der Waals surface area (Å²) in [5, 5.41) is 3.13. The third-order valence-corrected chi connectivity index (χ3v) is 3.35. The van der Waals surface area contributed by atoms with Gasteiger partial charge in [-0.3, -0.25) is 9.59 Å². The van der Waals surface area contributed by atoms with Crippen molar-refractivity contribution in [2.45, 2.75) is 19.8 Å². The first-order valence-electron chi connectivity index (χ1n) is 6.09. The van der Waals surface area contributed by atoms with Gasteiger partial charge in [-0.1, -0.05) is 12.2 Å². The summed E-state index contributed by atoms with van der Waals surface area (Å²) in [6, 6.07) is 0. The molecule has 1 N–H and O–H groups in total. The molecule has 1 rings (SSSR count). The maximum atomic E-state index is 11.9. The highest BCUT2D eigenvalue weighted by Crippen LogP contribution is 2.33. The molecule has 0 saturated carbocycles. The number of rotatable bonds is 4. The van der Waals surface area contributed by atoms with Crippen LogP contribution in [0.25, 0.3) is 0 Å². The van der Waals surface area contributed by atoms with Gasteiger partial charge in [-0.05, 0) is 32.2 Å². The van der Waals surface area contributed by atoms with E-state index < -0.39 is 17.4 Å². The zero-order valence-corrected chi connectivity index (χ0v) is 11.2. The molecule has 18 heavy (non-hydrogen) atoms. The standard InChI is InChI=1S/C13H21NO4/c1-4-5-6-10-7-13(9-14-8-10,11(15)17-2)12(16)18-3/h4-5,10,14H,6-9H2,1-3H3/b5-4+. The summed E-state index contributed by atoms with van der Waals surface area (Å²) in [7, 11) is 2.59. The predicted molar refractivity (Wildman–Crippen MR) is 66.9 cm³/mol. The van der Waals surface area contributed by atoms with Crippen molar-refractivity contribution in [3.63, 3.8) is 0 Å². The van der Waals surface area contributed by atoms with E-state index in [-0.39, 0.29) is 12.5 Å². The molecular formula is C13H21NO4. The molecule has 1 heterocycles. The van der Waals surface area contributed by atoms with Gasteiger partial charge in [0.1, 0.15) is 0 Å². The monoisotopic (exact) mass is 255 g/mol. The number of nitrogens with one attached hydrogen (secondary N) is 1. The zero-order valence-electron chi connectivity index (χ0n) is 11.2. The van der Waals surface area contributed by atoms with Crippen LogP contribution in [0.5, 0.6) is 0 Å². The van der Waals surface area contributed by atoms with E-state index in [2.05, 4.69) is 5.32 Å². The van der Waals surface area contributed by atoms with E-state index in [1.807, 2.05) is 19.1 Å². The number of carbonyl (C=O) groups excluding carboxylic acids is 2. The van der Waals surface area contributed by atoms with Crippen LogP contribution in [-0.2, 0) is 19.1 Å². The number of esters is 2. The van der Waals surface area contributed by atoms with Crippen molar-refractivity contribution in [1.82, 2.24) is 5.32 Å². The van der Waals surface area contributed by atoms with Crippen LogP contribution in [-0.4, -0.2) is 39.2 Å². The van der Waals surface area contributed by atoms with Crippen molar-refractivity contribution >= 4 is 11.9 Å². The van der Waals surface area contributed by atoms with Crippen LogP contribution in [0, 0.1) is 11.3 Å². The minimum absolute atomic E-state index is 0.230. The molecule has 1 saturated heterocycles. The molecule has 5 nitrogen and oxygen atoms in total. The molecule has 0 amide bonds. The fourth-order valence-electron chi connectivity index (χ4n) is 2.41. The largest absolute Gasteiger partial charge is 0.468 e. The molecular weight excluding hydrogens is 234 g/mol. The first kappa shape index (κ1) is 14.7. The van der Waals surface area contributed by atoms with Crippen molar-refractivity contribution in [3.8, 4) is 0 Å². The smallest absolute Gasteiger partial charge is 0.324 e. The molecule has 1 aliphatic heterocycles. The minimum Gasteiger partial charge on any atom is -0.468 e. The molecule has 0 bridgehead atoms. The van der Waals surface area contributed by atoms with Gasteiger partial charge < -0.3 is 14.8 Å². The van der Waals surface area contributed by atoms with Gasteiger partial charge in [0, 0.05) is 6.54 Å². The summed E-state index contributed by atoms with van der Waals surface area (Å²) < 4.78 is 9.54. The maximum Gasteiger partial charge on any atom is 0.324 e. The van der Waals surface area contributed by atoms with Gasteiger partial charge in [0.15, 0.2) is 5.41 Å². The lowest BCUT2D eigenvalue weighted by Crippen LogP contribution is -2.54. The molecule has 0 aromatic rings. The van der Waals surface area contributed by atoms with Crippen LogP contribution >= 0.6 is 0 Å². The van der Waals surface area contributed by atoms with E-state index in [1.165, 1.54) is 14.2 Å². The van der Waals surface area contributed by atoms with Crippen molar-refractivity contribution in [3.05, 3.63) is 12.2 Å². The second-order valence-corrected chi connectivity index (χ2v) is 4.57. The van der Waals surface area contributed by atoms with E-state index in [0.717, 1.165) is 13.0 Å². The number of hydrogen-bond acceptors (Lipinski definition) is 5. The number of carbonyl (C=O) groups is 2. The average molecular weight is 255 g/mol. The van der Waals surface area contributed by atoms with Crippen LogP contribution in [0.2, 0.25) is 0 Å². The van der Waals surface area contributed by atoms with E-state index in [1.54, 1.807) is 0 Å². The highest BCUT2D eigenvalue weighted by atomic mass is 16.5. The molecule has 0 spiro atoms. The molecule has 0 radical (unpaired) electrons. The zero-order chi connectivity index (χ0) is 13.6. The first-order chi connectivity index (χ1) is 8.60. The Morgan fingerprint density at radius 2 is 1.94 bits per heavy atom. The molecule has 0 aliphatic carbocycles. The van der Waals surface area contributed by atoms with E-state index in [9.17, 15) is 9.59 Å². The SMILES string of the molecule is C/C=C/CC1CNCC(C(=O)OC)(C(=O)OC)C1. The summed E-state index contributed by atoms with van der Waals surface area (Å²) in [5.74, 6) is -0.813. The van der Waals surface area contributed by atoms with Crippen LogP contribution in [0.3, 0.4) is 0 Å². The summed E-state index contributed by atoms with van der Waals surface area (Å²) in [6.07, 6.45) is 5.30. The molecule has 0 aromatic heterocycles. The maximum absolute atomic E-state index is 11.9. The summed E-state index contributed by atoms with van der Waals surface area (Å²) in [4.78, 5) is 23.9. The highest BCUT2D eigenvalue weighted by molar-refractivity contribution is 6.00. The minimum atomic E-state index is -1.20. The average Bonchev–Trinajstić information content (AvgIpc) is 2.43. The number of hydrogen-bond donors (Lipinski definition) is 1. The fraction of sp³-hybridized carbons (Fsp3) is 0.692. The molecule has 1 fully saturated rings. The van der Waals surface area contributed by atoms with Gasteiger partial charge in [-0.15, -0.1) is 0 Å². The Kier molecular flexibility index (Phi) is 5.34. The molecule has 5 heteroatoms. The normalized spacial score (nSPS) is 22.7. The quantitative estimate of drug-likeness (QED) is 0.459. The Morgan fingerprint density at radius 1 is 1.33 bits per heavy atom. The highest BCUT2D eigenvalue weighted by Gasteiger charge is 2.51. The number of methoxy groups -OCH3 is 2. The number of piperidine rings is 1. The van der Waals surface area contributed by atoms with Gasteiger partial charge in [-0.25, -0.2) is 0 Å². The van der Waals surface area contributed by atoms with E-state index in [0.29, 0.717) is 6.42 Å². The van der Waals surface area contributed by atoms with Gasteiger partial charge in [0.05, 0.1) is 14.2 Å². The predicted octanol–water partition coefficient (Wildman–Crippen LogP) is 0.894. The molecule has 0 aromatic carbocycles. The summed E-state index contributed by atoms with van der Waals surface area (Å²) in [6.45, 7) is 3.02. The Labute approximate surface area is 108 Å². The molecule has 1 unspecified atom stereocenters. The summed E-state index contributed by atoms with van der Waals surface area (Å²) in [5.41, 5.74) is -1.20.